The van der Waals surface area contributed by atoms with Crippen molar-refractivity contribution in [3.63, 3.8) is 0 Å². The highest BCUT2D eigenvalue weighted by Crippen LogP contribution is 2.42. The van der Waals surface area contributed by atoms with Gasteiger partial charge in [-0.3, -0.25) is 4.79 Å². The lowest BCUT2D eigenvalue weighted by molar-refractivity contribution is -0.0123. The number of halogens is 1. The highest BCUT2D eigenvalue weighted by Gasteiger charge is 2.31. The molecule has 0 unspecified atom stereocenters. The normalized spacial score (nSPS) is 19.0. The smallest absolute Gasteiger partial charge is 0.167 e. The summed E-state index contributed by atoms with van der Waals surface area (Å²) in [5.74, 6) is 0.646. The minimum atomic E-state index is -0.729. The molecule has 0 saturated carbocycles. The largest absolute Gasteiger partial charge is 0.490 e. The standard InChI is InChI=1S/C16H21ClO4/c1-9(2)20-7-11(18)8-21-14-5-4-12(17)15-10(3)6-13(19)16(14)15/h4-5,9-11,18H,6-8H2,1-3H3/t10-,11-/m0/s1. The summed E-state index contributed by atoms with van der Waals surface area (Å²) in [6.45, 7) is 6.07. The highest BCUT2D eigenvalue weighted by atomic mass is 35.5. The van der Waals surface area contributed by atoms with Gasteiger partial charge in [0.2, 0.25) is 0 Å². The van der Waals surface area contributed by atoms with Crippen LogP contribution in [0.4, 0.5) is 0 Å². The molecule has 4 nitrogen and oxygen atoms in total. The van der Waals surface area contributed by atoms with Gasteiger partial charge in [-0.2, -0.15) is 0 Å². The predicted octanol–water partition coefficient (Wildman–Crippen LogP) is 3.19. The molecule has 1 aliphatic rings. The first-order valence-corrected chi connectivity index (χ1v) is 7.56. The summed E-state index contributed by atoms with van der Waals surface area (Å²) in [7, 11) is 0. The molecular weight excluding hydrogens is 292 g/mol. The molecule has 1 aromatic carbocycles. The van der Waals surface area contributed by atoms with Crippen molar-refractivity contribution in [1.82, 2.24) is 0 Å². The first kappa shape index (κ1) is 16.3. The Kier molecular flexibility index (Phi) is 5.25. The van der Waals surface area contributed by atoms with Crippen molar-refractivity contribution in [2.75, 3.05) is 13.2 Å². The third kappa shape index (κ3) is 3.76. The van der Waals surface area contributed by atoms with Gasteiger partial charge in [-0.25, -0.2) is 0 Å². The molecule has 0 aliphatic heterocycles. The van der Waals surface area contributed by atoms with E-state index < -0.39 is 6.10 Å². The van der Waals surface area contributed by atoms with Crippen LogP contribution in [0.25, 0.3) is 0 Å². The van der Waals surface area contributed by atoms with Gasteiger partial charge in [0.1, 0.15) is 18.5 Å². The molecule has 0 spiro atoms. The number of ketones is 1. The monoisotopic (exact) mass is 312 g/mol. The molecule has 2 atom stereocenters. The number of fused-ring (bicyclic) bond motifs is 1. The Morgan fingerprint density at radius 3 is 2.76 bits per heavy atom. The van der Waals surface area contributed by atoms with Crippen LogP contribution in [0.3, 0.4) is 0 Å². The Morgan fingerprint density at radius 2 is 2.10 bits per heavy atom. The average Bonchev–Trinajstić information content (AvgIpc) is 2.72. The lowest BCUT2D eigenvalue weighted by Crippen LogP contribution is -2.25. The molecule has 0 aromatic heterocycles. The second kappa shape index (κ2) is 6.77. The van der Waals surface area contributed by atoms with Crippen molar-refractivity contribution in [3.05, 3.63) is 28.3 Å². The molecule has 0 amide bonds. The van der Waals surface area contributed by atoms with E-state index in [9.17, 15) is 9.90 Å². The van der Waals surface area contributed by atoms with Crippen molar-refractivity contribution >= 4 is 17.4 Å². The van der Waals surface area contributed by atoms with Gasteiger partial charge in [0.25, 0.3) is 0 Å². The number of rotatable bonds is 6. The Labute approximate surface area is 130 Å². The van der Waals surface area contributed by atoms with Crippen LogP contribution in [0.1, 0.15) is 49.0 Å². The third-order valence-corrected chi connectivity index (χ3v) is 3.80. The summed E-state index contributed by atoms with van der Waals surface area (Å²) in [5, 5.41) is 10.4. The van der Waals surface area contributed by atoms with Gasteiger partial charge < -0.3 is 14.6 Å². The zero-order valence-electron chi connectivity index (χ0n) is 12.6. The van der Waals surface area contributed by atoms with Crippen LogP contribution in [0.2, 0.25) is 5.02 Å². The van der Waals surface area contributed by atoms with Crippen molar-refractivity contribution in [2.24, 2.45) is 0 Å². The van der Waals surface area contributed by atoms with E-state index in [0.29, 0.717) is 22.8 Å². The Balaban J connectivity index is 2.07. The zero-order valence-corrected chi connectivity index (χ0v) is 13.3. The molecule has 1 aromatic rings. The first-order chi connectivity index (χ1) is 9.90. The summed E-state index contributed by atoms with van der Waals surface area (Å²) in [5.41, 5.74) is 1.42. The Bertz CT molecular complexity index is 527. The average molecular weight is 313 g/mol. The molecule has 0 bridgehead atoms. The van der Waals surface area contributed by atoms with Crippen LogP contribution in [0.15, 0.2) is 12.1 Å². The summed E-state index contributed by atoms with van der Waals surface area (Å²) in [4.78, 5) is 12.1. The van der Waals surface area contributed by atoms with Crippen LogP contribution >= 0.6 is 11.6 Å². The predicted molar refractivity (Wildman–Crippen MR) is 81.4 cm³/mol. The maximum absolute atomic E-state index is 12.1. The van der Waals surface area contributed by atoms with E-state index in [-0.39, 0.29) is 31.0 Å². The van der Waals surface area contributed by atoms with E-state index in [0.717, 1.165) is 5.56 Å². The molecule has 0 saturated heterocycles. The third-order valence-electron chi connectivity index (χ3n) is 3.47. The fourth-order valence-corrected chi connectivity index (χ4v) is 2.83. The van der Waals surface area contributed by atoms with Crippen LogP contribution in [-0.4, -0.2) is 36.3 Å². The molecule has 1 N–H and O–H groups in total. The summed E-state index contributed by atoms with van der Waals surface area (Å²) < 4.78 is 10.9. The number of carbonyl (C=O) groups is 1. The topological polar surface area (TPSA) is 55.8 Å². The fraction of sp³-hybridized carbons (Fsp3) is 0.562. The van der Waals surface area contributed by atoms with Gasteiger partial charge in [0.15, 0.2) is 5.78 Å². The molecule has 0 fully saturated rings. The number of hydrogen-bond acceptors (Lipinski definition) is 4. The number of carbonyl (C=O) groups excluding carboxylic acids is 1. The SMILES string of the molecule is CC(C)OC[C@H](O)COc1ccc(Cl)c2c1C(=O)C[C@@H]2C. The summed E-state index contributed by atoms with van der Waals surface area (Å²) in [6.07, 6.45) is -0.219. The maximum Gasteiger partial charge on any atom is 0.167 e. The molecule has 0 radical (unpaired) electrons. The molecule has 116 valence electrons. The molecule has 1 aliphatic carbocycles. The highest BCUT2D eigenvalue weighted by molar-refractivity contribution is 6.32. The quantitative estimate of drug-likeness (QED) is 0.876. The van der Waals surface area contributed by atoms with E-state index in [1.165, 1.54) is 0 Å². The van der Waals surface area contributed by atoms with Crippen LogP contribution < -0.4 is 4.74 Å². The van der Waals surface area contributed by atoms with E-state index in [1.807, 2.05) is 20.8 Å². The van der Waals surface area contributed by atoms with Gasteiger partial charge >= 0.3 is 0 Å². The molecule has 2 rings (SSSR count). The van der Waals surface area contributed by atoms with E-state index in [1.54, 1.807) is 12.1 Å². The Hall–Kier alpha value is -1.10. The Morgan fingerprint density at radius 1 is 1.38 bits per heavy atom. The number of Topliss-reactive ketones (excluding diaryl/α,β-unsaturated/α-hetero) is 1. The van der Waals surface area contributed by atoms with Gasteiger partial charge in [0, 0.05) is 11.4 Å². The molecule has 21 heavy (non-hydrogen) atoms. The van der Waals surface area contributed by atoms with Gasteiger partial charge in [-0.1, -0.05) is 18.5 Å². The van der Waals surface area contributed by atoms with E-state index in [2.05, 4.69) is 0 Å². The zero-order chi connectivity index (χ0) is 15.6. The minimum Gasteiger partial charge on any atom is -0.490 e. The summed E-state index contributed by atoms with van der Waals surface area (Å²) in [6, 6.07) is 3.43. The number of aliphatic hydroxyl groups is 1. The number of ether oxygens (including phenoxy) is 2. The van der Waals surface area contributed by atoms with Crippen molar-refractivity contribution in [3.8, 4) is 5.75 Å². The maximum atomic E-state index is 12.1. The first-order valence-electron chi connectivity index (χ1n) is 7.18. The minimum absolute atomic E-state index is 0.0444. The number of aliphatic hydroxyl groups excluding tert-OH is 1. The number of benzene rings is 1. The molecule has 0 heterocycles. The molecular formula is C16H21ClO4. The van der Waals surface area contributed by atoms with Crippen molar-refractivity contribution < 1.29 is 19.4 Å². The van der Waals surface area contributed by atoms with Gasteiger partial charge in [-0.15, -0.1) is 0 Å². The van der Waals surface area contributed by atoms with Crippen LogP contribution in [-0.2, 0) is 4.74 Å². The van der Waals surface area contributed by atoms with Gasteiger partial charge in [-0.05, 0) is 37.5 Å². The summed E-state index contributed by atoms with van der Waals surface area (Å²) >= 11 is 6.17. The number of hydrogen-bond donors (Lipinski definition) is 1. The van der Waals surface area contributed by atoms with Crippen molar-refractivity contribution in [2.45, 2.75) is 45.3 Å². The van der Waals surface area contributed by atoms with E-state index in [4.69, 9.17) is 21.1 Å². The second-order valence-electron chi connectivity index (χ2n) is 5.71. The second-order valence-corrected chi connectivity index (χ2v) is 6.12. The van der Waals surface area contributed by atoms with Crippen molar-refractivity contribution in [1.29, 1.82) is 0 Å². The molecule has 5 heteroatoms. The lowest BCUT2D eigenvalue weighted by Gasteiger charge is -2.16. The van der Waals surface area contributed by atoms with Crippen LogP contribution in [0, 0.1) is 0 Å². The lowest BCUT2D eigenvalue weighted by atomic mass is 10.0. The fourth-order valence-electron chi connectivity index (χ4n) is 2.48. The van der Waals surface area contributed by atoms with E-state index >= 15 is 0 Å². The van der Waals surface area contributed by atoms with Gasteiger partial charge in [0.05, 0.1) is 18.3 Å². The van der Waals surface area contributed by atoms with Crippen LogP contribution in [0.5, 0.6) is 5.75 Å².